The largest absolute Gasteiger partial charge is 0.493 e. The summed E-state index contributed by atoms with van der Waals surface area (Å²) in [6.45, 7) is 0.997. The monoisotopic (exact) mass is 324 g/mol. The number of pyridine rings is 1. The van der Waals surface area contributed by atoms with Crippen LogP contribution in [0.4, 0.5) is 0 Å². The number of benzene rings is 1. The second-order valence-electron chi connectivity index (χ2n) is 5.41. The summed E-state index contributed by atoms with van der Waals surface area (Å²) in [4.78, 5) is 11.8. The van der Waals surface area contributed by atoms with E-state index < -0.39 is 0 Å². The first-order chi connectivity index (χ1) is 11.8. The fourth-order valence-electron chi connectivity index (χ4n) is 2.40. The van der Waals surface area contributed by atoms with Crippen molar-refractivity contribution in [2.24, 2.45) is 0 Å². The third-order valence-corrected chi connectivity index (χ3v) is 3.62. The maximum absolute atomic E-state index is 11.8. The predicted molar refractivity (Wildman–Crippen MR) is 90.9 cm³/mol. The SMILES string of the molecule is O=C(CCOc1ccccc1)NCCCc1nnc2ccccn12. The highest BCUT2D eigenvalue weighted by molar-refractivity contribution is 5.75. The summed E-state index contributed by atoms with van der Waals surface area (Å²) in [5, 5.41) is 11.2. The number of aryl methyl sites for hydroxylation is 1. The van der Waals surface area contributed by atoms with E-state index >= 15 is 0 Å². The molecule has 0 saturated carbocycles. The van der Waals surface area contributed by atoms with E-state index in [0.717, 1.165) is 30.1 Å². The normalized spacial score (nSPS) is 10.7. The number of nitrogens with zero attached hydrogens (tertiary/aromatic N) is 3. The first kappa shape index (κ1) is 16.0. The Balaban J connectivity index is 1.33. The number of hydrogen-bond acceptors (Lipinski definition) is 4. The van der Waals surface area contributed by atoms with Gasteiger partial charge in [-0.1, -0.05) is 24.3 Å². The Labute approximate surface area is 140 Å². The molecule has 6 heteroatoms. The van der Waals surface area contributed by atoms with Crippen LogP contribution >= 0.6 is 0 Å². The van der Waals surface area contributed by atoms with E-state index in [9.17, 15) is 4.79 Å². The zero-order chi connectivity index (χ0) is 16.6. The molecule has 0 fully saturated rings. The third-order valence-electron chi connectivity index (χ3n) is 3.62. The number of aromatic nitrogens is 3. The average Bonchev–Trinajstić information content (AvgIpc) is 3.03. The topological polar surface area (TPSA) is 68.5 Å². The van der Waals surface area contributed by atoms with E-state index in [1.54, 1.807) is 0 Å². The Morgan fingerprint density at radius 1 is 1.08 bits per heavy atom. The molecule has 2 aromatic heterocycles. The lowest BCUT2D eigenvalue weighted by Gasteiger charge is -2.07. The Hall–Kier alpha value is -2.89. The van der Waals surface area contributed by atoms with Gasteiger partial charge in [0.15, 0.2) is 5.65 Å². The number of carbonyl (C=O) groups excluding carboxylic acids is 1. The minimum absolute atomic E-state index is 0.00275. The molecule has 24 heavy (non-hydrogen) atoms. The highest BCUT2D eigenvalue weighted by Gasteiger charge is 2.05. The second-order valence-corrected chi connectivity index (χ2v) is 5.41. The van der Waals surface area contributed by atoms with Crippen LogP contribution in [0.5, 0.6) is 5.75 Å². The third kappa shape index (κ3) is 4.32. The molecule has 124 valence electrons. The van der Waals surface area contributed by atoms with Crippen molar-refractivity contribution < 1.29 is 9.53 Å². The van der Waals surface area contributed by atoms with Crippen LogP contribution in [0.3, 0.4) is 0 Å². The van der Waals surface area contributed by atoms with Crippen LogP contribution in [0.2, 0.25) is 0 Å². The molecule has 1 aromatic carbocycles. The van der Waals surface area contributed by atoms with Gasteiger partial charge in [-0.15, -0.1) is 10.2 Å². The van der Waals surface area contributed by atoms with E-state index in [-0.39, 0.29) is 5.91 Å². The zero-order valence-corrected chi connectivity index (χ0v) is 13.4. The van der Waals surface area contributed by atoms with Crippen LogP contribution in [-0.4, -0.2) is 33.7 Å². The molecule has 0 radical (unpaired) electrons. The minimum Gasteiger partial charge on any atom is -0.493 e. The molecule has 0 atom stereocenters. The van der Waals surface area contributed by atoms with Crippen molar-refractivity contribution in [3.63, 3.8) is 0 Å². The van der Waals surface area contributed by atoms with Gasteiger partial charge in [0, 0.05) is 19.2 Å². The summed E-state index contributed by atoms with van der Waals surface area (Å²) in [7, 11) is 0. The number of para-hydroxylation sites is 1. The quantitative estimate of drug-likeness (QED) is 0.645. The van der Waals surface area contributed by atoms with Gasteiger partial charge in [0.1, 0.15) is 11.6 Å². The predicted octanol–water partition coefficient (Wildman–Crippen LogP) is 2.25. The fraction of sp³-hybridized carbons (Fsp3) is 0.278. The van der Waals surface area contributed by atoms with Crippen molar-refractivity contribution in [3.8, 4) is 5.75 Å². The number of nitrogens with one attached hydrogen (secondary N) is 1. The first-order valence-corrected chi connectivity index (χ1v) is 8.06. The van der Waals surface area contributed by atoms with Gasteiger partial charge in [-0.2, -0.15) is 0 Å². The molecule has 0 spiro atoms. The van der Waals surface area contributed by atoms with Crippen LogP contribution in [0.25, 0.3) is 5.65 Å². The van der Waals surface area contributed by atoms with E-state index in [2.05, 4.69) is 15.5 Å². The molecule has 0 aliphatic heterocycles. The van der Waals surface area contributed by atoms with Crippen molar-refractivity contribution in [2.75, 3.05) is 13.2 Å². The zero-order valence-electron chi connectivity index (χ0n) is 13.4. The molecule has 0 bridgehead atoms. The fourth-order valence-corrected chi connectivity index (χ4v) is 2.40. The molecular formula is C18H20N4O2. The molecule has 0 saturated heterocycles. The lowest BCUT2D eigenvalue weighted by atomic mass is 10.3. The second kappa shape index (κ2) is 8.10. The Morgan fingerprint density at radius 2 is 1.92 bits per heavy atom. The summed E-state index contributed by atoms with van der Waals surface area (Å²) in [6.07, 6.45) is 3.89. The lowest BCUT2D eigenvalue weighted by Crippen LogP contribution is -2.26. The van der Waals surface area contributed by atoms with Gasteiger partial charge in [-0.25, -0.2) is 0 Å². The lowest BCUT2D eigenvalue weighted by molar-refractivity contribution is -0.121. The summed E-state index contributed by atoms with van der Waals surface area (Å²) in [5.41, 5.74) is 0.842. The van der Waals surface area contributed by atoms with Gasteiger partial charge in [0.25, 0.3) is 0 Å². The maximum atomic E-state index is 11.8. The highest BCUT2D eigenvalue weighted by Crippen LogP contribution is 2.08. The highest BCUT2D eigenvalue weighted by atomic mass is 16.5. The summed E-state index contributed by atoms with van der Waals surface area (Å²) < 4.78 is 7.48. The Morgan fingerprint density at radius 3 is 2.79 bits per heavy atom. The van der Waals surface area contributed by atoms with Crippen molar-refractivity contribution in [1.29, 1.82) is 0 Å². The number of fused-ring (bicyclic) bond motifs is 1. The van der Waals surface area contributed by atoms with Crippen LogP contribution in [0.15, 0.2) is 54.7 Å². The van der Waals surface area contributed by atoms with Gasteiger partial charge < -0.3 is 10.1 Å². The van der Waals surface area contributed by atoms with Crippen LogP contribution < -0.4 is 10.1 Å². The van der Waals surface area contributed by atoms with Crippen molar-refractivity contribution in [3.05, 3.63) is 60.6 Å². The van der Waals surface area contributed by atoms with Gasteiger partial charge in [-0.3, -0.25) is 9.20 Å². The molecule has 2 heterocycles. The van der Waals surface area contributed by atoms with Gasteiger partial charge in [0.2, 0.25) is 5.91 Å². The molecule has 6 nitrogen and oxygen atoms in total. The van der Waals surface area contributed by atoms with E-state index in [1.807, 2.05) is 59.1 Å². The Bertz CT molecular complexity index is 786. The van der Waals surface area contributed by atoms with Gasteiger partial charge >= 0.3 is 0 Å². The molecule has 1 N–H and O–H groups in total. The summed E-state index contributed by atoms with van der Waals surface area (Å²) in [5.74, 6) is 1.69. The molecular weight excluding hydrogens is 304 g/mol. The van der Waals surface area contributed by atoms with Crippen molar-refractivity contribution in [1.82, 2.24) is 19.9 Å². The van der Waals surface area contributed by atoms with E-state index in [0.29, 0.717) is 19.6 Å². The number of hydrogen-bond donors (Lipinski definition) is 1. The van der Waals surface area contributed by atoms with Gasteiger partial charge in [0.05, 0.1) is 13.0 Å². The van der Waals surface area contributed by atoms with Crippen molar-refractivity contribution in [2.45, 2.75) is 19.3 Å². The van der Waals surface area contributed by atoms with Crippen LogP contribution in [0, 0.1) is 0 Å². The number of amides is 1. The number of ether oxygens (including phenoxy) is 1. The summed E-state index contributed by atoms with van der Waals surface area (Å²) >= 11 is 0. The molecule has 0 aliphatic carbocycles. The van der Waals surface area contributed by atoms with Crippen molar-refractivity contribution >= 4 is 11.6 Å². The average molecular weight is 324 g/mol. The molecule has 0 aliphatic rings. The molecule has 1 amide bonds. The number of carbonyl (C=O) groups is 1. The van der Waals surface area contributed by atoms with Crippen LogP contribution in [0.1, 0.15) is 18.7 Å². The summed E-state index contributed by atoms with van der Waals surface area (Å²) in [6, 6.07) is 15.3. The van der Waals surface area contributed by atoms with Gasteiger partial charge in [-0.05, 0) is 30.7 Å². The van der Waals surface area contributed by atoms with E-state index in [4.69, 9.17) is 4.74 Å². The van der Waals surface area contributed by atoms with Crippen LogP contribution in [-0.2, 0) is 11.2 Å². The van der Waals surface area contributed by atoms with E-state index in [1.165, 1.54) is 0 Å². The maximum Gasteiger partial charge on any atom is 0.223 e. The Kier molecular flexibility index (Phi) is 5.40. The standard InChI is InChI=1S/C18H20N4O2/c23-18(11-14-24-15-7-2-1-3-8-15)19-12-6-10-17-21-20-16-9-4-5-13-22(16)17/h1-5,7-9,13H,6,10-12,14H2,(H,19,23). The minimum atomic E-state index is -0.00275. The molecule has 3 aromatic rings. The first-order valence-electron chi connectivity index (χ1n) is 8.06. The molecule has 3 rings (SSSR count). The smallest absolute Gasteiger partial charge is 0.223 e. The molecule has 0 unspecified atom stereocenters. The number of rotatable bonds is 8.